The van der Waals surface area contributed by atoms with E-state index in [0.29, 0.717) is 16.9 Å². The molecule has 0 atom stereocenters. The van der Waals surface area contributed by atoms with Gasteiger partial charge < -0.3 is 11.5 Å². The lowest BCUT2D eigenvalue weighted by molar-refractivity contribution is 0.100. The number of aryl methyl sites for hydroxylation is 2. The Hall–Kier alpha value is -2.82. The maximum atomic E-state index is 11.4. The number of nitrogens with two attached hydrogens (primary N) is 2. The molecule has 0 aliphatic heterocycles. The topological polar surface area (TPSA) is 86.9 Å². The van der Waals surface area contributed by atoms with Gasteiger partial charge in [-0.1, -0.05) is 6.07 Å². The van der Waals surface area contributed by atoms with E-state index in [2.05, 4.69) is 24.9 Å². The molecule has 5 heteroatoms. The number of nitrogens with zero attached hydrogens (tertiary/aromatic N) is 2. The predicted octanol–water partition coefficient (Wildman–Crippen LogP) is 2.32. The Balaban J connectivity index is 2.29. The average molecular weight is 280 g/mol. The molecule has 0 radical (unpaired) electrons. The van der Waals surface area contributed by atoms with Crippen LogP contribution in [0.15, 0.2) is 36.7 Å². The highest BCUT2D eigenvalue weighted by Gasteiger charge is 2.13. The van der Waals surface area contributed by atoms with E-state index in [1.54, 1.807) is 18.5 Å². The molecule has 0 fully saturated rings. The van der Waals surface area contributed by atoms with Gasteiger partial charge in [-0.05, 0) is 49.2 Å². The van der Waals surface area contributed by atoms with Crippen LogP contribution in [0.1, 0.15) is 21.5 Å². The van der Waals surface area contributed by atoms with Crippen LogP contribution in [-0.4, -0.2) is 15.5 Å². The molecule has 3 aromatic rings. The number of hydrogen-bond donors (Lipinski definition) is 2. The molecule has 0 aliphatic rings. The molecule has 0 aliphatic carbocycles. The third kappa shape index (κ3) is 2.03. The molecular weight excluding hydrogens is 264 g/mol. The maximum absolute atomic E-state index is 11.4. The molecule has 1 heterocycles. The Morgan fingerprint density at radius 3 is 2.62 bits per heavy atom. The van der Waals surface area contributed by atoms with E-state index < -0.39 is 5.91 Å². The van der Waals surface area contributed by atoms with Crippen molar-refractivity contribution >= 4 is 22.6 Å². The first-order chi connectivity index (χ1) is 9.99. The minimum absolute atomic E-state index is 0.318. The normalized spacial score (nSPS) is 11.0. The first-order valence-corrected chi connectivity index (χ1v) is 6.62. The van der Waals surface area contributed by atoms with Crippen LogP contribution in [0.2, 0.25) is 0 Å². The molecule has 0 unspecified atom stereocenters. The molecule has 0 bridgehead atoms. The predicted molar refractivity (Wildman–Crippen MR) is 83.5 cm³/mol. The highest BCUT2D eigenvalue weighted by Crippen LogP contribution is 2.26. The van der Waals surface area contributed by atoms with Gasteiger partial charge in [-0.2, -0.15) is 0 Å². The van der Waals surface area contributed by atoms with Crippen LogP contribution in [0.25, 0.3) is 16.7 Å². The second-order valence-electron chi connectivity index (χ2n) is 5.14. The van der Waals surface area contributed by atoms with E-state index in [4.69, 9.17) is 11.5 Å². The molecule has 21 heavy (non-hydrogen) atoms. The molecule has 0 saturated heterocycles. The van der Waals surface area contributed by atoms with Gasteiger partial charge in [-0.3, -0.25) is 9.36 Å². The summed E-state index contributed by atoms with van der Waals surface area (Å²) in [6.07, 6.45) is 1.71. The zero-order valence-electron chi connectivity index (χ0n) is 11.9. The number of primary amides is 1. The third-order valence-electron chi connectivity index (χ3n) is 3.77. The second kappa shape index (κ2) is 4.63. The number of nitrogen functional groups attached to an aromatic ring is 1. The standard InChI is InChI=1S/C16H16N4O/c1-9-6-12-14(7-10(9)2)20(8-19-12)13-5-3-4-11(15(13)17)16(18)21/h3-8H,17H2,1-2H3,(H2,18,21). The number of carbonyl (C=O) groups is 1. The number of rotatable bonds is 2. The zero-order chi connectivity index (χ0) is 15.1. The molecule has 3 rings (SSSR count). The molecule has 4 N–H and O–H groups in total. The summed E-state index contributed by atoms with van der Waals surface area (Å²) in [4.78, 5) is 15.8. The number of imidazole rings is 1. The summed E-state index contributed by atoms with van der Waals surface area (Å²) in [7, 11) is 0. The van der Waals surface area contributed by atoms with Crippen molar-refractivity contribution in [2.24, 2.45) is 5.73 Å². The zero-order valence-corrected chi connectivity index (χ0v) is 11.9. The number of para-hydroxylation sites is 1. The summed E-state index contributed by atoms with van der Waals surface area (Å²) in [5, 5.41) is 0. The van der Waals surface area contributed by atoms with Crippen molar-refractivity contribution in [3.8, 4) is 5.69 Å². The van der Waals surface area contributed by atoms with Gasteiger partial charge in [0.25, 0.3) is 5.91 Å². The SMILES string of the molecule is Cc1cc2ncn(-c3cccc(C(N)=O)c3N)c2cc1C. The highest BCUT2D eigenvalue weighted by atomic mass is 16.1. The van der Waals surface area contributed by atoms with Gasteiger partial charge in [-0.15, -0.1) is 0 Å². The van der Waals surface area contributed by atoms with E-state index in [1.807, 2.05) is 16.7 Å². The van der Waals surface area contributed by atoms with Gasteiger partial charge in [0, 0.05) is 0 Å². The van der Waals surface area contributed by atoms with Crippen molar-refractivity contribution in [1.82, 2.24) is 9.55 Å². The molecule has 0 saturated carbocycles. The molecule has 2 aromatic carbocycles. The Labute approximate surface area is 122 Å². The summed E-state index contributed by atoms with van der Waals surface area (Å²) < 4.78 is 1.88. The van der Waals surface area contributed by atoms with Gasteiger partial charge >= 0.3 is 0 Å². The molecule has 1 amide bonds. The van der Waals surface area contributed by atoms with Gasteiger partial charge in [-0.25, -0.2) is 4.98 Å². The fourth-order valence-corrected chi connectivity index (χ4v) is 2.43. The van der Waals surface area contributed by atoms with Crippen LogP contribution in [0.4, 0.5) is 5.69 Å². The Morgan fingerprint density at radius 2 is 1.90 bits per heavy atom. The lowest BCUT2D eigenvalue weighted by Crippen LogP contribution is -2.14. The first kappa shape index (κ1) is 13.2. The molecule has 0 spiro atoms. The number of anilines is 1. The summed E-state index contributed by atoms with van der Waals surface area (Å²) in [6, 6.07) is 9.33. The summed E-state index contributed by atoms with van der Waals surface area (Å²) >= 11 is 0. The van der Waals surface area contributed by atoms with Crippen molar-refractivity contribution in [1.29, 1.82) is 0 Å². The molecule has 1 aromatic heterocycles. The third-order valence-corrected chi connectivity index (χ3v) is 3.77. The van der Waals surface area contributed by atoms with Crippen LogP contribution >= 0.6 is 0 Å². The molecule has 5 nitrogen and oxygen atoms in total. The van der Waals surface area contributed by atoms with Gasteiger partial charge in [0.2, 0.25) is 0 Å². The minimum Gasteiger partial charge on any atom is -0.396 e. The highest BCUT2D eigenvalue weighted by molar-refractivity contribution is 6.00. The Bertz CT molecular complexity index is 864. The largest absolute Gasteiger partial charge is 0.396 e. The number of aromatic nitrogens is 2. The average Bonchev–Trinajstić information content (AvgIpc) is 2.82. The molecule has 106 valence electrons. The van der Waals surface area contributed by atoms with E-state index in [9.17, 15) is 4.79 Å². The second-order valence-corrected chi connectivity index (χ2v) is 5.14. The van der Waals surface area contributed by atoms with Crippen LogP contribution in [-0.2, 0) is 0 Å². The lowest BCUT2D eigenvalue weighted by Gasteiger charge is -2.11. The van der Waals surface area contributed by atoms with E-state index in [1.165, 1.54) is 11.1 Å². The van der Waals surface area contributed by atoms with Crippen molar-refractivity contribution in [2.75, 3.05) is 5.73 Å². The van der Waals surface area contributed by atoms with Gasteiger partial charge in [0.1, 0.15) is 6.33 Å². The van der Waals surface area contributed by atoms with E-state index in [0.717, 1.165) is 11.0 Å². The molecular formula is C16H16N4O. The Kier molecular flexibility index (Phi) is 2.90. The smallest absolute Gasteiger partial charge is 0.250 e. The van der Waals surface area contributed by atoms with E-state index >= 15 is 0 Å². The fraction of sp³-hybridized carbons (Fsp3) is 0.125. The van der Waals surface area contributed by atoms with Crippen LogP contribution in [0.3, 0.4) is 0 Å². The lowest BCUT2D eigenvalue weighted by atomic mass is 10.1. The number of benzene rings is 2. The van der Waals surface area contributed by atoms with Crippen LogP contribution < -0.4 is 11.5 Å². The Morgan fingerprint density at radius 1 is 1.19 bits per heavy atom. The summed E-state index contributed by atoms with van der Waals surface area (Å²) in [6.45, 7) is 4.10. The number of amides is 1. The van der Waals surface area contributed by atoms with Crippen molar-refractivity contribution in [3.05, 3.63) is 53.3 Å². The minimum atomic E-state index is -0.536. The quantitative estimate of drug-likeness (QED) is 0.706. The monoisotopic (exact) mass is 280 g/mol. The number of carbonyl (C=O) groups excluding carboxylic acids is 1. The van der Waals surface area contributed by atoms with Gasteiger partial charge in [0.05, 0.1) is 28.0 Å². The maximum Gasteiger partial charge on any atom is 0.250 e. The van der Waals surface area contributed by atoms with Crippen molar-refractivity contribution in [3.63, 3.8) is 0 Å². The van der Waals surface area contributed by atoms with Crippen molar-refractivity contribution in [2.45, 2.75) is 13.8 Å². The fourth-order valence-electron chi connectivity index (χ4n) is 2.43. The van der Waals surface area contributed by atoms with Crippen LogP contribution in [0, 0.1) is 13.8 Å². The van der Waals surface area contributed by atoms with Crippen molar-refractivity contribution < 1.29 is 4.79 Å². The summed E-state index contributed by atoms with van der Waals surface area (Å²) in [5.41, 5.74) is 17.0. The van der Waals surface area contributed by atoms with Crippen LogP contribution in [0.5, 0.6) is 0 Å². The first-order valence-electron chi connectivity index (χ1n) is 6.62. The summed E-state index contributed by atoms with van der Waals surface area (Å²) in [5.74, 6) is -0.536. The van der Waals surface area contributed by atoms with Gasteiger partial charge in [0.15, 0.2) is 0 Å². The van der Waals surface area contributed by atoms with E-state index in [-0.39, 0.29) is 0 Å². The number of hydrogen-bond acceptors (Lipinski definition) is 3. The number of fused-ring (bicyclic) bond motifs is 1.